The molecule has 0 aliphatic carbocycles. The van der Waals surface area contributed by atoms with Gasteiger partial charge in [0, 0.05) is 19.2 Å². The molecule has 0 N–H and O–H groups in total. The van der Waals surface area contributed by atoms with E-state index in [0.29, 0.717) is 10.8 Å². The van der Waals surface area contributed by atoms with Crippen LogP contribution in [-0.2, 0) is 0 Å². The summed E-state index contributed by atoms with van der Waals surface area (Å²) >= 11 is 6.33. The fourth-order valence-electron chi connectivity index (χ4n) is 2.26. The molecule has 0 spiro atoms. The highest BCUT2D eigenvalue weighted by atomic mass is 35.5. The van der Waals surface area contributed by atoms with E-state index >= 15 is 0 Å². The third-order valence-corrected chi connectivity index (χ3v) is 3.56. The molecule has 1 aromatic rings. The minimum absolute atomic E-state index is 0.636. The Morgan fingerprint density at radius 2 is 1.95 bits per heavy atom. The first kappa shape index (κ1) is 14.0. The van der Waals surface area contributed by atoms with Crippen molar-refractivity contribution >= 4 is 17.3 Å². The normalized spacial score (nSPS) is 16.0. The molecule has 0 bridgehead atoms. The first-order valence-corrected chi connectivity index (χ1v) is 7.04. The zero-order chi connectivity index (χ0) is 13.9. The zero-order valence-corrected chi connectivity index (χ0v) is 12.2. The summed E-state index contributed by atoms with van der Waals surface area (Å²) < 4.78 is 5.61. The van der Waals surface area contributed by atoms with Crippen molar-refractivity contribution in [2.24, 2.45) is 0 Å². The van der Waals surface area contributed by atoms with Gasteiger partial charge in [0.15, 0.2) is 5.60 Å². The van der Waals surface area contributed by atoms with Gasteiger partial charge in [0.2, 0.25) is 0 Å². The van der Waals surface area contributed by atoms with Gasteiger partial charge in [0.25, 0.3) is 0 Å². The molecule has 1 saturated heterocycles. The van der Waals surface area contributed by atoms with Crippen LogP contribution in [0.3, 0.4) is 0 Å². The highest BCUT2D eigenvalue weighted by Crippen LogP contribution is 2.32. The van der Waals surface area contributed by atoms with Crippen molar-refractivity contribution in [3.05, 3.63) is 23.2 Å². The number of anilines is 1. The van der Waals surface area contributed by atoms with Gasteiger partial charge in [0.1, 0.15) is 11.8 Å². The summed E-state index contributed by atoms with van der Waals surface area (Å²) in [4.78, 5) is 2.31. The molecule has 0 amide bonds. The second-order valence-electron chi connectivity index (χ2n) is 5.39. The maximum Gasteiger partial charge on any atom is 0.188 e. The molecule has 19 heavy (non-hydrogen) atoms. The number of benzene rings is 1. The lowest BCUT2D eigenvalue weighted by Crippen LogP contribution is -2.29. The fourth-order valence-corrected chi connectivity index (χ4v) is 2.55. The van der Waals surface area contributed by atoms with Crippen molar-refractivity contribution in [1.82, 2.24) is 0 Å². The molecule has 3 nitrogen and oxygen atoms in total. The number of nitriles is 1. The Kier molecular flexibility index (Phi) is 4.21. The van der Waals surface area contributed by atoms with Crippen LogP contribution >= 0.6 is 11.6 Å². The molecular formula is C15H19ClN2O. The summed E-state index contributed by atoms with van der Waals surface area (Å²) in [5.41, 5.74) is 0.221. The second kappa shape index (κ2) is 5.71. The van der Waals surface area contributed by atoms with E-state index in [2.05, 4.69) is 11.0 Å². The first-order valence-electron chi connectivity index (χ1n) is 6.66. The zero-order valence-electron chi connectivity index (χ0n) is 11.4. The van der Waals surface area contributed by atoms with E-state index in [9.17, 15) is 0 Å². The number of ether oxygens (including phenoxy) is 1. The lowest BCUT2D eigenvalue weighted by Gasteiger charge is -2.30. The van der Waals surface area contributed by atoms with Gasteiger partial charge in [-0.25, -0.2) is 0 Å². The number of piperidine rings is 1. The van der Waals surface area contributed by atoms with E-state index in [1.807, 2.05) is 12.1 Å². The largest absolute Gasteiger partial charge is 0.473 e. The van der Waals surface area contributed by atoms with Crippen molar-refractivity contribution in [2.75, 3.05) is 18.0 Å². The van der Waals surface area contributed by atoms with Gasteiger partial charge < -0.3 is 9.64 Å². The Balaban J connectivity index is 2.15. The van der Waals surface area contributed by atoms with Gasteiger partial charge in [-0.15, -0.1) is 0 Å². The van der Waals surface area contributed by atoms with Gasteiger partial charge in [0.05, 0.1) is 10.7 Å². The van der Waals surface area contributed by atoms with E-state index in [1.54, 1.807) is 19.9 Å². The maximum absolute atomic E-state index is 8.97. The Bertz CT molecular complexity index is 487. The summed E-state index contributed by atoms with van der Waals surface area (Å²) in [6.45, 7) is 5.59. The van der Waals surface area contributed by atoms with Crippen LogP contribution in [0, 0.1) is 11.3 Å². The molecule has 2 rings (SSSR count). The second-order valence-corrected chi connectivity index (χ2v) is 5.79. The molecule has 0 saturated carbocycles. The van der Waals surface area contributed by atoms with Crippen molar-refractivity contribution in [2.45, 2.75) is 38.7 Å². The topological polar surface area (TPSA) is 36.3 Å². The number of hydrogen-bond acceptors (Lipinski definition) is 3. The number of halogens is 1. The van der Waals surface area contributed by atoms with Crippen LogP contribution in [0.1, 0.15) is 33.1 Å². The summed E-state index contributed by atoms with van der Waals surface area (Å²) in [7, 11) is 0. The minimum Gasteiger partial charge on any atom is -0.473 e. The van der Waals surface area contributed by atoms with Crippen LogP contribution in [0.4, 0.5) is 5.69 Å². The minimum atomic E-state index is -0.837. The van der Waals surface area contributed by atoms with Crippen LogP contribution < -0.4 is 9.64 Å². The van der Waals surface area contributed by atoms with Crippen LogP contribution in [0.25, 0.3) is 0 Å². The number of rotatable bonds is 3. The molecule has 0 radical (unpaired) electrons. The van der Waals surface area contributed by atoms with Gasteiger partial charge in [-0.1, -0.05) is 11.6 Å². The Hall–Kier alpha value is -1.40. The molecule has 1 fully saturated rings. The fraction of sp³-hybridized carbons (Fsp3) is 0.533. The smallest absolute Gasteiger partial charge is 0.188 e. The molecule has 1 aliphatic rings. The van der Waals surface area contributed by atoms with Crippen LogP contribution in [0.15, 0.2) is 18.2 Å². The molecule has 1 aromatic carbocycles. The third-order valence-electron chi connectivity index (χ3n) is 3.26. The maximum atomic E-state index is 8.97. The molecule has 4 heteroatoms. The highest BCUT2D eigenvalue weighted by molar-refractivity contribution is 6.33. The molecular weight excluding hydrogens is 260 g/mol. The molecule has 1 heterocycles. The average Bonchev–Trinajstić information content (AvgIpc) is 2.39. The monoisotopic (exact) mass is 278 g/mol. The van der Waals surface area contributed by atoms with E-state index in [0.717, 1.165) is 18.8 Å². The van der Waals surface area contributed by atoms with Gasteiger partial charge >= 0.3 is 0 Å². The summed E-state index contributed by atoms with van der Waals surface area (Å²) in [5.74, 6) is 0.636. The Morgan fingerprint density at radius 3 is 2.53 bits per heavy atom. The summed E-state index contributed by atoms with van der Waals surface area (Å²) in [5, 5.41) is 9.65. The Labute approximate surface area is 119 Å². The standard InChI is InChI=1S/C15H19ClN2O/c1-15(2,11-17)19-12-6-7-14(13(16)10-12)18-8-4-3-5-9-18/h6-7,10H,3-5,8-9H2,1-2H3. The van der Waals surface area contributed by atoms with Gasteiger partial charge in [-0.2, -0.15) is 5.26 Å². The highest BCUT2D eigenvalue weighted by Gasteiger charge is 2.20. The third kappa shape index (κ3) is 3.54. The SMILES string of the molecule is CC(C)(C#N)Oc1ccc(N2CCCCC2)c(Cl)c1. The molecule has 0 atom stereocenters. The molecule has 0 aromatic heterocycles. The van der Waals surface area contributed by atoms with E-state index < -0.39 is 5.60 Å². The van der Waals surface area contributed by atoms with Crippen LogP contribution in [0.5, 0.6) is 5.75 Å². The summed E-state index contributed by atoms with van der Waals surface area (Å²) in [6, 6.07) is 7.77. The summed E-state index contributed by atoms with van der Waals surface area (Å²) in [6.07, 6.45) is 3.73. The quantitative estimate of drug-likeness (QED) is 0.838. The molecule has 1 aliphatic heterocycles. The van der Waals surface area contributed by atoms with Crippen LogP contribution in [0.2, 0.25) is 5.02 Å². The van der Waals surface area contributed by atoms with E-state index in [4.69, 9.17) is 21.6 Å². The lowest BCUT2D eigenvalue weighted by atomic mass is 10.1. The van der Waals surface area contributed by atoms with Crippen molar-refractivity contribution < 1.29 is 4.74 Å². The van der Waals surface area contributed by atoms with Crippen molar-refractivity contribution in [1.29, 1.82) is 5.26 Å². The Morgan fingerprint density at radius 1 is 1.26 bits per heavy atom. The number of hydrogen-bond donors (Lipinski definition) is 0. The van der Waals surface area contributed by atoms with Gasteiger partial charge in [-0.3, -0.25) is 0 Å². The number of nitrogens with zero attached hydrogens (tertiary/aromatic N) is 2. The average molecular weight is 279 g/mol. The van der Waals surface area contributed by atoms with Crippen molar-refractivity contribution in [3.63, 3.8) is 0 Å². The van der Waals surface area contributed by atoms with E-state index in [-0.39, 0.29) is 0 Å². The predicted octanol–water partition coefficient (Wildman–Crippen LogP) is 4.01. The lowest BCUT2D eigenvalue weighted by molar-refractivity contribution is 0.170. The predicted molar refractivity (Wildman–Crippen MR) is 77.8 cm³/mol. The van der Waals surface area contributed by atoms with Gasteiger partial charge in [-0.05, 0) is 45.2 Å². The van der Waals surface area contributed by atoms with Crippen LogP contribution in [-0.4, -0.2) is 18.7 Å². The van der Waals surface area contributed by atoms with Crippen molar-refractivity contribution in [3.8, 4) is 11.8 Å². The first-order chi connectivity index (χ1) is 9.02. The molecule has 102 valence electrons. The van der Waals surface area contributed by atoms with E-state index in [1.165, 1.54) is 19.3 Å². The molecule has 0 unspecified atom stereocenters.